The molecule has 0 aliphatic heterocycles. The molecule has 200 valence electrons. The van der Waals surface area contributed by atoms with E-state index in [1.807, 2.05) is 66.1 Å². The average molecular weight is 551 g/mol. The van der Waals surface area contributed by atoms with Crippen molar-refractivity contribution in [1.29, 1.82) is 0 Å². The number of fused-ring (bicyclic) bond motifs is 5. The van der Waals surface area contributed by atoms with Crippen LogP contribution in [0.2, 0.25) is 0 Å². The molecule has 0 saturated carbocycles. The molecule has 0 N–H and O–H groups in total. The van der Waals surface area contributed by atoms with Crippen LogP contribution >= 0.6 is 11.3 Å². The number of benzene rings is 4. The van der Waals surface area contributed by atoms with E-state index in [0.29, 0.717) is 5.88 Å². The molecule has 4 aromatic carbocycles. The van der Waals surface area contributed by atoms with Crippen LogP contribution in [0.3, 0.4) is 0 Å². The maximum absolute atomic E-state index is 6.24. The lowest BCUT2D eigenvalue weighted by Gasteiger charge is -2.18. The Kier molecular flexibility index (Phi) is 6.29. The third-order valence-corrected chi connectivity index (χ3v) is 8.55. The minimum Gasteiger partial charge on any atom is -0.439 e. The van der Waals surface area contributed by atoms with Crippen LogP contribution in [0.25, 0.3) is 53.5 Å². The quantitative estimate of drug-likeness (QED) is 0.214. The highest BCUT2D eigenvalue weighted by molar-refractivity contribution is 7.27. The zero-order valence-corrected chi connectivity index (χ0v) is 24.2. The van der Waals surface area contributed by atoms with Gasteiger partial charge in [-0.05, 0) is 52.4 Å². The first kappa shape index (κ1) is 25.4. The second-order valence-electron chi connectivity index (χ2n) is 11.7. The predicted octanol–water partition coefficient (Wildman–Crippen LogP) is 10.7. The summed E-state index contributed by atoms with van der Waals surface area (Å²) in [6, 6.07) is 37.8. The van der Waals surface area contributed by atoms with Gasteiger partial charge in [0.15, 0.2) is 0 Å². The molecule has 7 aromatic rings. The number of rotatable bonds is 5. The van der Waals surface area contributed by atoms with Crippen LogP contribution < -0.4 is 4.74 Å². The zero-order chi connectivity index (χ0) is 28.0. The van der Waals surface area contributed by atoms with Crippen molar-refractivity contribution in [3.63, 3.8) is 0 Å². The summed E-state index contributed by atoms with van der Waals surface area (Å²) in [6.07, 6.45) is 2.98. The maximum atomic E-state index is 6.24. The molecule has 0 saturated heterocycles. The third-order valence-electron chi connectivity index (χ3n) is 7.29. The molecule has 0 fully saturated rings. The number of thiophene rings is 1. The predicted molar refractivity (Wildman–Crippen MR) is 173 cm³/mol. The van der Waals surface area contributed by atoms with Crippen molar-refractivity contribution in [3.8, 4) is 34.1 Å². The molecule has 41 heavy (non-hydrogen) atoms. The second-order valence-corrected chi connectivity index (χ2v) is 12.8. The fraction of sp³-hybridized carbons (Fsp3) is 0.135. The maximum Gasteiger partial charge on any atom is 0.219 e. The largest absolute Gasteiger partial charge is 0.439 e. The number of aromatic nitrogens is 2. The van der Waals surface area contributed by atoms with Gasteiger partial charge in [0.1, 0.15) is 5.75 Å². The van der Waals surface area contributed by atoms with E-state index in [1.54, 1.807) is 0 Å². The van der Waals surface area contributed by atoms with Gasteiger partial charge in [-0.25, -0.2) is 4.98 Å². The Hall–Kier alpha value is -4.54. The van der Waals surface area contributed by atoms with Gasteiger partial charge in [0.05, 0.1) is 16.1 Å². The van der Waals surface area contributed by atoms with Gasteiger partial charge in [0.25, 0.3) is 0 Å². The summed E-state index contributed by atoms with van der Waals surface area (Å²) >= 11 is 1.83. The summed E-state index contributed by atoms with van der Waals surface area (Å²) in [5.41, 5.74) is 5.58. The SMILES string of the molecule is CC(C)(C)Cc1ccc2c(ccc3c4ccnc(-c5cccc(Oc6cccc(-c7ccccc7)n6)c5)c4sc23)c1. The first-order valence-corrected chi connectivity index (χ1v) is 14.8. The van der Waals surface area contributed by atoms with Crippen molar-refractivity contribution in [2.24, 2.45) is 5.41 Å². The van der Waals surface area contributed by atoms with Gasteiger partial charge in [-0.15, -0.1) is 11.3 Å². The van der Waals surface area contributed by atoms with E-state index in [-0.39, 0.29) is 5.41 Å². The Morgan fingerprint density at radius 1 is 0.683 bits per heavy atom. The van der Waals surface area contributed by atoms with Crippen LogP contribution in [-0.2, 0) is 6.42 Å². The lowest BCUT2D eigenvalue weighted by molar-refractivity contribution is 0.411. The number of nitrogens with zero attached hydrogens (tertiary/aromatic N) is 2. The van der Waals surface area contributed by atoms with E-state index in [9.17, 15) is 0 Å². The van der Waals surface area contributed by atoms with E-state index in [0.717, 1.165) is 34.7 Å². The van der Waals surface area contributed by atoms with Crippen molar-refractivity contribution >= 4 is 42.3 Å². The molecule has 0 atom stereocenters. The van der Waals surface area contributed by atoms with Gasteiger partial charge in [0.2, 0.25) is 5.88 Å². The van der Waals surface area contributed by atoms with Crippen LogP contribution in [0, 0.1) is 5.41 Å². The molecule has 0 amide bonds. The molecule has 0 radical (unpaired) electrons. The van der Waals surface area contributed by atoms with Gasteiger partial charge in [-0.2, -0.15) is 0 Å². The highest BCUT2D eigenvalue weighted by Gasteiger charge is 2.16. The van der Waals surface area contributed by atoms with Gasteiger partial charge < -0.3 is 4.74 Å². The fourth-order valence-electron chi connectivity index (χ4n) is 5.54. The highest BCUT2D eigenvalue weighted by Crippen LogP contribution is 2.42. The molecule has 0 bridgehead atoms. The highest BCUT2D eigenvalue weighted by atomic mass is 32.1. The first-order chi connectivity index (χ1) is 19.9. The Labute approximate surface area is 244 Å². The number of ether oxygens (including phenoxy) is 1. The van der Waals surface area contributed by atoms with Crippen LogP contribution in [-0.4, -0.2) is 9.97 Å². The molecular weight excluding hydrogens is 520 g/mol. The lowest BCUT2D eigenvalue weighted by Crippen LogP contribution is -2.08. The smallest absolute Gasteiger partial charge is 0.219 e. The third kappa shape index (κ3) is 5.07. The van der Waals surface area contributed by atoms with Crippen LogP contribution in [0.5, 0.6) is 11.6 Å². The first-order valence-electron chi connectivity index (χ1n) is 13.9. The minimum absolute atomic E-state index is 0.259. The van der Waals surface area contributed by atoms with Gasteiger partial charge in [-0.3, -0.25) is 4.98 Å². The van der Waals surface area contributed by atoms with E-state index >= 15 is 0 Å². The van der Waals surface area contributed by atoms with Gasteiger partial charge in [-0.1, -0.05) is 99.6 Å². The minimum atomic E-state index is 0.259. The Morgan fingerprint density at radius 3 is 2.32 bits per heavy atom. The normalized spacial score (nSPS) is 11.9. The van der Waals surface area contributed by atoms with Crippen molar-refractivity contribution < 1.29 is 4.74 Å². The van der Waals surface area contributed by atoms with Crippen molar-refractivity contribution in [1.82, 2.24) is 9.97 Å². The Bertz CT molecular complexity index is 2040. The lowest BCUT2D eigenvalue weighted by atomic mass is 9.87. The monoisotopic (exact) mass is 550 g/mol. The molecule has 3 nitrogen and oxygen atoms in total. The number of pyridine rings is 2. The van der Waals surface area contributed by atoms with Crippen molar-refractivity contribution in [3.05, 3.63) is 121 Å². The van der Waals surface area contributed by atoms with Crippen molar-refractivity contribution in [2.75, 3.05) is 0 Å². The van der Waals surface area contributed by atoms with Crippen molar-refractivity contribution in [2.45, 2.75) is 27.2 Å². The molecule has 3 aromatic heterocycles. The molecular formula is C37H30N2OS. The number of hydrogen-bond donors (Lipinski definition) is 0. The fourth-order valence-corrected chi connectivity index (χ4v) is 6.88. The second kappa shape index (κ2) is 10.1. The average Bonchev–Trinajstić information content (AvgIpc) is 3.36. The van der Waals surface area contributed by atoms with Crippen LogP contribution in [0.1, 0.15) is 26.3 Å². The summed E-state index contributed by atoms with van der Waals surface area (Å²) in [7, 11) is 0. The van der Waals surface area contributed by atoms with Crippen LogP contribution in [0.15, 0.2) is 115 Å². The molecule has 3 heterocycles. The summed E-state index contributed by atoms with van der Waals surface area (Å²) in [5, 5.41) is 5.10. The standard InChI is InChI=1S/C37H30N2OS/c1-37(2,3)23-24-15-17-29-26(21-24)16-18-30-31-19-20-38-34(36(31)41-35(29)30)27-11-7-12-28(22-27)40-33-14-8-13-32(39-33)25-9-5-4-6-10-25/h4-22H,23H2,1-3H3. The topological polar surface area (TPSA) is 35.0 Å². The van der Waals surface area contributed by atoms with Crippen LogP contribution in [0.4, 0.5) is 0 Å². The summed E-state index contributed by atoms with van der Waals surface area (Å²) in [4.78, 5) is 9.59. The molecule has 4 heteroatoms. The Morgan fingerprint density at radius 2 is 1.46 bits per heavy atom. The van der Waals surface area contributed by atoms with E-state index in [4.69, 9.17) is 14.7 Å². The molecule has 0 unspecified atom stereocenters. The molecule has 0 spiro atoms. The van der Waals surface area contributed by atoms with Gasteiger partial charge in [0, 0.05) is 38.9 Å². The van der Waals surface area contributed by atoms with E-state index in [2.05, 4.69) is 81.4 Å². The summed E-state index contributed by atoms with van der Waals surface area (Å²) < 4.78 is 8.74. The van der Waals surface area contributed by atoms with E-state index < -0.39 is 0 Å². The van der Waals surface area contributed by atoms with Gasteiger partial charge >= 0.3 is 0 Å². The molecule has 0 aliphatic rings. The summed E-state index contributed by atoms with van der Waals surface area (Å²) in [6.45, 7) is 6.87. The molecule has 0 aliphatic carbocycles. The summed E-state index contributed by atoms with van der Waals surface area (Å²) in [5.74, 6) is 1.30. The zero-order valence-electron chi connectivity index (χ0n) is 23.4. The Balaban J connectivity index is 1.26. The van der Waals surface area contributed by atoms with E-state index in [1.165, 1.54) is 36.5 Å². The molecule has 7 rings (SSSR count). The number of hydrogen-bond acceptors (Lipinski definition) is 4.